The van der Waals surface area contributed by atoms with Crippen molar-refractivity contribution in [2.75, 3.05) is 13.1 Å². The molecule has 0 aliphatic carbocycles. The van der Waals surface area contributed by atoms with Crippen molar-refractivity contribution in [2.24, 2.45) is 0 Å². The van der Waals surface area contributed by atoms with E-state index in [4.69, 9.17) is 4.74 Å². The van der Waals surface area contributed by atoms with Crippen LogP contribution in [-0.4, -0.2) is 22.8 Å². The van der Waals surface area contributed by atoms with Crippen LogP contribution in [0.15, 0.2) is 66.7 Å². The number of hydrogen-bond acceptors (Lipinski definition) is 3. The fourth-order valence-electron chi connectivity index (χ4n) is 4.46. The van der Waals surface area contributed by atoms with Crippen molar-refractivity contribution in [2.45, 2.75) is 31.0 Å². The van der Waals surface area contributed by atoms with Crippen LogP contribution in [0.4, 0.5) is 0 Å². The molecule has 27 heavy (non-hydrogen) atoms. The molecule has 3 heterocycles. The number of ether oxygens (including phenoxy) is 1. The van der Waals surface area contributed by atoms with Gasteiger partial charge in [0, 0.05) is 19.3 Å². The molecule has 1 saturated heterocycles. The number of hydrogen-bond donors (Lipinski definition) is 2. The summed E-state index contributed by atoms with van der Waals surface area (Å²) in [6, 6.07) is 22.5. The van der Waals surface area contributed by atoms with E-state index in [9.17, 15) is 5.11 Å². The summed E-state index contributed by atoms with van der Waals surface area (Å²) in [6.07, 6.45) is 1.90. The van der Waals surface area contributed by atoms with Crippen LogP contribution in [0.1, 0.15) is 35.9 Å². The molecule has 4 nitrogen and oxygen atoms in total. The number of piperidine rings is 1. The van der Waals surface area contributed by atoms with Gasteiger partial charge in [-0.25, -0.2) is 0 Å². The van der Waals surface area contributed by atoms with Crippen molar-refractivity contribution >= 4 is 0 Å². The van der Waals surface area contributed by atoms with Gasteiger partial charge in [-0.2, -0.15) is 0 Å². The fraction of sp³-hybridized carbons (Fsp3) is 0.304. The molecule has 1 spiro atoms. The first-order chi connectivity index (χ1) is 13.3. The monoisotopic (exact) mass is 360 g/mol. The van der Waals surface area contributed by atoms with Crippen LogP contribution in [0.25, 0.3) is 5.69 Å². The van der Waals surface area contributed by atoms with Crippen LogP contribution in [0.3, 0.4) is 0 Å². The van der Waals surface area contributed by atoms with E-state index >= 15 is 0 Å². The molecule has 2 aromatic carbocycles. The minimum atomic E-state index is -0.564. The Morgan fingerprint density at radius 2 is 1.70 bits per heavy atom. The Bertz CT molecular complexity index is 942. The number of fused-ring (bicyclic) bond motifs is 4. The molecule has 0 amide bonds. The van der Waals surface area contributed by atoms with Gasteiger partial charge in [0.1, 0.15) is 5.75 Å². The lowest BCUT2D eigenvalue weighted by atomic mass is 9.87. The number of para-hydroxylation sites is 2. The van der Waals surface area contributed by atoms with Gasteiger partial charge in [-0.3, -0.25) is 0 Å². The summed E-state index contributed by atoms with van der Waals surface area (Å²) in [5.74, 6) is 0.899. The minimum Gasteiger partial charge on any atom is -0.479 e. The van der Waals surface area contributed by atoms with Crippen LogP contribution in [0.5, 0.6) is 5.75 Å². The number of nitrogens with one attached hydrogen (secondary N) is 1. The van der Waals surface area contributed by atoms with Crippen molar-refractivity contribution in [3.05, 3.63) is 83.7 Å². The Balaban J connectivity index is 1.60. The van der Waals surface area contributed by atoms with Crippen molar-refractivity contribution in [1.82, 2.24) is 9.88 Å². The number of aliphatic hydroxyl groups is 1. The third kappa shape index (κ3) is 2.76. The molecule has 3 aromatic rings. The summed E-state index contributed by atoms with van der Waals surface area (Å²) in [5.41, 5.74) is 3.93. The van der Waals surface area contributed by atoms with E-state index in [2.05, 4.69) is 40.2 Å². The van der Waals surface area contributed by atoms with Gasteiger partial charge in [-0.05, 0) is 42.9 Å². The largest absolute Gasteiger partial charge is 0.479 e. The molecular formula is C23H24N2O2. The molecule has 1 aromatic heterocycles. The Labute approximate surface area is 159 Å². The van der Waals surface area contributed by atoms with E-state index in [1.165, 1.54) is 0 Å². The van der Waals surface area contributed by atoms with Crippen LogP contribution in [-0.2, 0) is 12.0 Å². The number of aliphatic hydroxyl groups excluding tert-OH is 1. The van der Waals surface area contributed by atoms with Crippen molar-refractivity contribution in [3.63, 3.8) is 0 Å². The second-order valence-corrected chi connectivity index (χ2v) is 7.50. The maximum Gasteiger partial charge on any atom is 0.152 e. The van der Waals surface area contributed by atoms with E-state index in [0.29, 0.717) is 6.42 Å². The second kappa shape index (κ2) is 6.55. The molecule has 2 aliphatic heterocycles. The van der Waals surface area contributed by atoms with Crippen molar-refractivity contribution in [1.29, 1.82) is 0 Å². The number of rotatable bonds is 3. The molecule has 0 unspecified atom stereocenters. The van der Waals surface area contributed by atoms with Gasteiger partial charge in [-0.15, -0.1) is 0 Å². The Morgan fingerprint density at radius 1 is 0.963 bits per heavy atom. The number of nitrogens with zero attached hydrogens (tertiary/aromatic N) is 1. The molecule has 2 aliphatic rings. The summed E-state index contributed by atoms with van der Waals surface area (Å²) < 4.78 is 8.79. The van der Waals surface area contributed by atoms with E-state index < -0.39 is 6.10 Å². The molecule has 1 atom stereocenters. The maximum absolute atomic E-state index is 11.1. The highest BCUT2D eigenvalue weighted by atomic mass is 16.5. The van der Waals surface area contributed by atoms with Gasteiger partial charge >= 0.3 is 0 Å². The van der Waals surface area contributed by atoms with E-state index in [0.717, 1.165) is 54.3 Å². The zero-order valence-electron chi connectivity index (χ0n) is 15.3. The summed E-state index contributed by atoms with van der Waals surface area (Å²) in [5, 5.41) is 14.5. The average molecular weight is 360 g/mol. The molecule has 1 fully saturated rings. The lowest BCUT2D eigenvalue weighted by Gasteiger charge is -2.42. The first kappa shape index (κ1) is 16.6. The summed E-state index contributed by atoms with van der Waals surface area (Å²) in [7, 11) is 0. The SMILES string of the molecule is O[C@H](Cc1ccccc1)c1ccc2n1-c1ccccc1OC21CCNCC1. The third-order valence-corrected chi connectivity index (χ3v) is 5.81. The molecule has 4 heteroatoms. The van der Waals surface area contributed by atoms with E-state index in [-0.39, 0.29) is 5.60 Å². The molecular weight excluding hydrogens is 336 g/mol. The van der Waals surface area contributed by atoms with Gasteiger partial charge in [0.05, 0.1) is 23.2 Å². The maximum atomic E-state index is 11.1. The predicted octanol–water partition coefficient (Wildman–Crippen LogP) is 3.72. The predicted molar refractivity (Wildman–Crippen MR) is 105 cm³/mol. The highest BCUT2D eigenvalue weighted by Crippen LogP contribution is 2.45. The van der Waals surface area contributed by atoms with Crippen LogP contribution < -0.4 is 10.1 Å². The lowest BCUT2D eigenvalue weighted by molar-refractivity contribution is 0.0191. The Hall–Kier alpha value is -2.56. The molecule has 5 rings (SSSR count). The topological polar surface area (TPSA) is 46.4 Å². The normalized spacial score (nSPS) is 18.4. The van der Waals surface area contributed by atoms with Crippen molar-refractivity contribution < 1.29 is 9.84 Å². The zero-order valence-corrected chi connectivity index (χ0v) is 15.3. The fourth-order valence-corrected chi connectivity index (χ4v) is 4.46. The van der Waals surface area contributed by atoms with E-state index in [1.54, 1.807) is 0 Å². The molecule has 138 valence electrons. The van der Waals surface area contributed by atoms with Gasteiger partial charge in [-0.1, -0.05) is 42.5 Å². The zero-order chi connectivity index (χ0) is 18.3. The highest BCUT2D eigenvalue weighted by molar-refractivity contribution is 5.54. The standard InChI is InChI=1S/C23H24N2O2/c26-20(16-17-6-2-1-3-7-17)18-10-11-22-23(12-14-24-15-13-23)27-21-9-5-4-8-19(21)25(18)22/h1-11,20,24,26H,12-16H2/t20-/m1/s1. The summed E-state index contributed by atoms with van der Waals surface area (Å²) in [6.45, 7) is 1.88. The third-order valence-electron chi connectivity index (χ3n) is 5.81. The molecule has 0 saturated carbocycles. The Morgan fingerprint density at radius 3 is 2.52 bits per heavy atom. The van der Waals surface area contributed by atoms with Gasteiger partial charge in [0.2, 0.25) is 0 Å². The average Bonchev–Trinajstić information content (AvgIpc) is 3.16. The second-order valence-electron chi connectivity index (χ2n) is 7.50. The quantitative estimate of drug-likeness (QED) is 0.748. The minimum absolute atomic E-state index is 0.315. The van der Waals surface area contributed by atoms with Crippen molar-refractivity contribution in [3.8, 4) is 11.4 Å². The summed E-state index contributed by atoms with van der Waals surface area (Å²) in [4.78, 5) is 0. The number of aromatic nitrogens is 1. The lowest BCUT2D eigenvalue weighted by Crippen LogP contribution is -2.47. The van der Waals surface area contributed by atoms with Crippen LogP contribution in [0, 0.1) is 0 Å². The molecule has 2 N–H and O–H groups in total. The Kier molecular flexibility index (Phi) is 4.03. The van der Waals surface area contributed by atoms with Gasteiger partial charge in [0.25, 0.3) is 0 Å². The highest BCUT2D eigenvalue weighted by Gasteiger charge is 2.43. The smallest absolute Gasteiger partial charge is 0.152 e. The first-order valence-corrected chi connectivity index (χ1v) is 9.70. The first-order valence-electron chi connectivity index (χ1n) is 9.70. The number of benzene rings is 2. The van der Waals surface area contributed by atoms with Crippen LogP contribution in [0.2, 0.25) is 0 Å². The van der Waals surface area contributed by atoms with Gasteiger partial charge in [0.15, 0.2) is 5.60 Å². The summed E-state index contributed by atoms with van der Waals surface area (Å²) >= 11 is 0. The molecule has 0 bridgehead atoms. The van der Waals surface area contributed by atoms with Gasteiger partial charge < -0.3 is 19.7 Å². The molecule has 0 radical (unpaired) electrons. The van der Waals surface area contributed by atoms with E-state index in [1.807, 2.05) is 36.4 Å². The van der Waals surface area contributed by atoms with Crippen LogP contribution >= 0.6 is 0 Å².